The lowest BCUT2D eigenvalue weighted by atomic mass is 9.95. The molecule has 0 bridgehead atoms. The number of rotatable bonds is 8. The molecule has 2 amide bonds. The van der Waals surface area contributed by atoms with Gasteiger partial charge in [-0.1, -0.05) is 35.9 Å². The van der Waals surface area contributed by atoms with Crippen LogP contribution < -0.4 is 9.64 Å². The van der Waals surface area contributed by atoms with Gasteiger partial charge in [0.15, 0.2) is 5.82 Å². The zero-order chi connectivity index (χ0) is 40.9. The van der Waals surface area contributed by atoms with Gasteiger partial charge in [0.2, 0.25) is 5.91 Å². The third kappa shape index (κ3) is 7.87. The summed E-state index contributed by atoms with van der Waals surface area (Å²) in [5.74, 6) is -1.26. The van der Waals surface area contributed by atoms with Gasteiger partial charge in [0.1, 0.15) is 41.2 Å². The van der Waals surface area contributed by atoms with Crippen molar-refractivity contribution < 1.29 is 37.0 Å². The number of carbonyl (C=O) groups excluding carboxylic acids is 2. The van der Waals surface area contributed by atoms with E-state index in [4.69, 9.17) is 30.8 Å². The number of anilines is 1. The smallest absolute Gasteiger partial charge is 0.410 e. The Kier molecular flexibility index (Phi) is 10.9. The van der Waals surface area contributed by atoms with Crippen molar-refractivity contribution >= 4 is 51.1 Å². The van der Waals surface area contributed by atoms with Crippen LogP contribution in [-0.2, 0) is 14.3 Å². The Morgan fingerprint density at radius 2 is 1.91 bits per heavy atom. The number of fused-ring (bicyclic) bond motifs is 3. The lowest BCUT2D eigenvalue weighted by molar-refractivity contribution is -0.125. The van der Waals surface area contributed by atoms with Gasteiger partial charge in [0.25, 0.3) is 0 Å². The maximum Gasteiger partial charge on any atom is 0.410 e. The number of likely N-dealkylation sites (N-methyl/N-ethyl adjacent to an activating group) is 1. The number of ether oxygens (including phenoxy) is 3. The van der Waals surface area contributed by atoms with Crippen LogP contribution in [-0.4, -0.2) is 131 Å². The molecule has 4 aromatic rings. The minimum atomic E-state index is -0.962. The molecule has 4 atom stereocenters. The van der Waals surface area contributed by atoms with Crippen LogP contribution in [0.2, 0.25) is 5.02 Å². The van der Waals surface area contributed by atoms with Crippen molar-refractivity contribution in [2.75, 3.05) is 64.4 Å². The van der Waals surface area contributed by atoms with E-state index in [1.165, 1.54) is 18.3 Å². The number of pyridine rings is 1. The van der Waals surface area contributed by atoms with Gasteiger partial charge < -0.3 is 28.9 Å². The summed E-state index contributed by atoms with van der Waals surface area (Å²) >= 11 is 6.44. The van der Waals surface area contributed by atoms with Crippen molar-refractivity contribution in [3.63, 3.8) is 0 Å². The number of benzene rings is 2. The predicted octanol–water partition coefficient (Wildman–Crippen LogP) is 6.96. The van der Waals surface area contributed by atoms with Crippen LogP contribution in [0.25, 0.3) is 32.9 Å². The van der Waals surface area contributed by atoms with E-state index in [9.17, 15) is 18.4 Å². The molecule has 0 radical (unpaired) electrons. The second-order valence-electron chi connectivity index (χ2n) is 16.7. The number of amides is 2. The Balaban J connectivity index is 1.06. The number of nitrogens with zero attached hydrogens (tertiary/aromatic N) is 7. The molecule has 2 aromatic carbocycles. The molecule has 16 heteroatoms. The van der Waals surface area contributed by atoms with E-state index in [1.807, 2.05) is 32.7 Å². The molecule has 6 heterocycles. The molecular formula is C42H47ClF3N7O5. The molecule has 1 unspecified atom stereocenters. The van der Waals surface area contributed by atoms with Crippen LogP contribution >= 0.6 is 11.6 Å². The number of halogens is 4. The summed E-state index contributed by atoms with van der Waals surface area (Å²) in [4.78, 5) is 47.2. The van der Waals surface area contributed by atoms with Crippen LogP contribution in [0.1, 0.15) is 46.5 Å². The highest BCUT2D eigenvalue weighted by atomic mass is 35.5. The van der Waals surface area contributed by atoms with Crippen molar-refractivity contribution in [3.05, 3.63) is 65.3 Å². The predicted molar refractivity (Wildman–Crippen MR) is 214 cm³/mol. The quantitative estimate of drug-likeness (QED) is 0.173. The van der Waals surface area contributed by atoms with Crippen LogP contribution in [0.3, 0.4) is 0 Å². The molecule has 2 aromatic heterocycles. The number of hydrogen-bond acceptors (Lipinski definition) is 10. The Morgan fingerprint density at radius 3 is 2.72 bits per heavy atom. The van der Waals surface area contributed by atoms with E-state index in [2.05, 4.69) is 14.9 Å². The Hall–Kier alpha value is -4.73. The summed E-state index contributed by atoms with van der Waals surface area (Å²) in [6.45, 7) is 8.47. The fourth-order valence-corrected chi connectivity index (χ4v) is 8.98. The fraction of sp³-hybridized carbons (Fsp3) is 0.500. The van der Waals surface area contributed by atoms with Gasteiger partial charge in [-0.2, -0.15) is 9.97 Å². The minimum Gasteiger partial charge on any atom is -0.461 e. The highest BCUT2D eigenvalue weighted by Crippen LogP contribution is 2.42. The maximum atomic E-state index is 16.9. The highest BCUT2D eigenvalue weighted by molar-refractivity contribution is 6.36. The number of likely N-dealkylation sites (tertiary alicyclic amines) is 1. The summed E-state index contributed by atoms with van der Waals surface area (Å²) in [6.07, 6.45) is 5.39. The number of morpholine rings is 1. The van der Waals surface area contributed by atoms with Crippen molar-refractivity contribution in [1.29, 1.82) is 0 Å². The lowest BCUT2D eigenvalue weighted by Crippen LogP contribution is -2.47. The molecule has 4 fully saturated rings. The summed E-state index contributed by atoms with van der Waals surface area (Å²) in [6, 6.07) is 7.67. The highest BCUT2D eigenvalue weighted by Gasteiger charge is 2.49. The largest absolute Gasteiger partial charge is 0.461 e. The molecule has 4 aliphatic rings. The van der Waals surface area contributed by atoms with Crippen molar-refractivity contribution in [2.24, 2.45) is 0 Å². The van der Waals surface area contributed by atoms with E-state index in [0.717, 1.165) is 19.4 Å². The van der Waals surface area contributed by atoms with Gasteiger partial charge in [-0.25, -0.2) is 18.0 Å². The second-order valence-corrected chi connectivity index (χ2v) is 17.1. The Labute approximate surface area is 339 Å². The van der Waals surface area contributed by atoms with E-state index in [1.54, 1.807) is 40.1 Å². The van der Waals surface area contributed by atoms with Crippen molar-refractivity contribution in [3.8, 4) is 17.3 Å². The fourth-order valence-electron chi connectivity index (χ4n) is 8.71. The van der Waals surface area contributed by atoms with Gasteiger partial charge in [0, 0.05) is 68.9 Å². The molecule has 0 saturated carbocycles. The van der Waals surface area contributed by atoms with E-state index in [0.29, 0.717) is 73.2 Å². The molecule has 58 heavy (non-hydrogen) atoms. The summed E-state index contributed by atoms with van der Waals surface area (Å²) < 4.78 is 63.9. The molecule has 8 rings (SSSR count). The minimum absolute atomic E-state index is 0.0567. The third-order valence-electron chi connectivity index (χ3n) is 11.6. The molecule has 308 valence electrons. The van der Waals surface area contributed by atoms with E-state index < -0.39 is 41.1 Å². The number of carbonyl (C=O) groups is 2. The average molecular weight is 822 g/mol. The first kappa shape index (κ1) is 40.1. The Bertz CT molecular complexity index is 2280. The molecule has 4 aliphatic heterocycles. The standard InChI is InChI=1S/C42H47ClF3N7O5/c1-41(2,3)58-40(55)52-17-18-56-28(23-52)10-12-32(54)51-16-13-27(22-51)50(4)38-30-20-47-36(29-8-5-7-25-9-11-31(45)34(43)33(25)29)35(46)37(30)48-39(49-38)57-24-42-14-6-15-53(42)21-26(44)19-42/h5,7-12,20,26-28H,6,13-19,21-24H2,1-4H3/b12-10+/t26-,27-,28?,42+/m1/s1. The van der Waals surface area contributed by atoms with Crippen LogP contribution in [0.15, 0.2) is 48.7 Å². The third-order valence-corrected chi connectivity index (χ3v) is 12.0. The summed E-state index contributed by atoms with van der Waals surface area (Å²) in [5.41, 5.74) is -0.949. The first-order chi connectivity index (χ1) is 27.7. The topological polar surface area (TPSA) is 113 Å². The van der Waals surface area contributed by atoms with E-state index >= 15 is 4.39 Å². The number of aromatic nitrogens is 3. The first-order valence-electron chi connectivity index (χ1n) is 19.7. The summed E-state index contributed by atoms with van der Waals surface area (Å²) in [5, 5.41) is 1.10. The molecule has 0 N–H and O–H groups in total. The van der Waals surface area contributed by atoms with Crippen molar-refractivity contribution in [2.45, 2.75) is 75.9 Å². The van der Waals surface area contributed by atoms with Gasteiger partial charge in [-0.3, -0.25) is 14.7 Å². The van der Waals surface area contributed by atoms with Crippen LogP contribution in [0.4, 0.5) is 23.8 Å². The number of alkyl halides is 1. The molecule has 0 spiro atoms. The Morgan fingerprint density at radius 1 is 1.09 bits per heavy atom. The van der Waals surface area contributed by atoms with Gasteiger partial charge in [-0.05, 0) is 64.1 Å². The molecule has 0 aliphatic carbocycles. The van der Waals surface area contributed by atoms with Crippen LogP contribution in [0, 0.1) is 11.6 Å². The molecule has 12 nitrogen and oxygen atoms in total. The van der Waals surface area contributed by atoms with Crippen molar-refractivity contribution in [1.82, 2.24) is 29.7 Å². The molecular weight excluding hydrogens is 775 g/mol. The first-order valence-corrected chi connectivity index (χ1v) is 20.1. The molecule has 4 saturated heterocycles. The average Bonchev–Trinajstić information content (AvgIpc) is 3.92. The maximum absolute atomic E-state index is 16.9. The zero-order valence-electron chi connectivity index (χ0n) is 33.0. The van der Waals surface area contributed by atoms with Gasteiger partial charge in [-0.15, -0.1) is 0 Å². The lowest BCUT2D eigenvalue weighted by Gasteiger charge is -2.33. The van der Waals surface area contributed by atoms with Gasteiger partial charge in [0.05, 0.1) is 35.2 Å². The SMILES string of the molecule is CN(c1nc(OC[C@@]23CCCN2C[C@H](F)C3)nc2c(F)c(-c3cccc4ccc(F)c(Cl)c34)ncc12)[C@@H]1CCN(C(=O)/C=C/C2CN(C(=O)OC(C)(C)C)CCO2)C1. The number of hydrogen-bond donors (Lipinski definition) is 0. The van der Waals surface area contributed by atoms with Gasteiger partial charge >= 0.3 is 12.1 Å². The normalized spacial score (nSPS) is 24.0. The van der Waals surface area contributed by atoms with Crippen LogP contribution in [0.5, 0.6) is 6.01 Å². The monoisotopic (exact) mass is 821 g/mol. The second kappa shape index (κ2) is 15.8. The van der Waals surface area contributed by atoms with E-state index in [-0.39, 0.29) is 47.3 Å². The zero-order valence-corrected chi connectivity index (χ0v) is 33.8. The summed E-state index contributed by atoms with van der Waals surface area (Å²) in [7, 11) is 1.82.